The summed E-state index contributed by atoms with van der Waals surface area (Å²) < 4.78 is 5.40. The van der Waals surface area contributed by atoms with Gasteiger partial charge in [-0.3, -0.25) is 19.4 Å². The highest BCUT2D eigenvalue weighted by atomic mass is 16.5. The van der Waals surface area contributed by atoms with Gasteiger partial charge in [-0.05, 0) is 47.5 Å². The zero-order chi connectivity index (χ0) is 26.3. The van der Waals surface area contributed by atoms with Crippen LogP contribution in [-0.2, 0) is 17.6 Å². The molecule has 0 bridgehead atoms. The lowest BCUT2D eigenvalue weighted by molar-refractivity contribution is 0.0984. The average molecular weight is 505 g/mol. The fraction of sp³-hybridized carbons (Fsp3) is 0.188. The average Bonchev–Trinajstić information content (AvgIpc) is 2.98. The van der Waals surface area contributed by atoms with Gasteiger partial charge in [0.2, 0.25) is 0 Å². The fourth-order valence-corrected chi connectivity index (χ4v) is 4.51. The molecule has 0 unspecified atom stereocenters. The van der Waals surface area contributed by atoms with Crippen molar-refractivity contribution in [2.24, 2.45) is 0 Å². The van der Waals surface area contributed by atoms with Crippen molar-refractivity contribution in [2.75, 3.05) is 31.2 Å². The number of morpholine rings is 1. The zero-order valence-corrected chi connectivity index (χ0v) is 21.0. The molecule has 0 amide bonds. The zero-order valence-electron chi connectivity index (χ0n) is 21.0. The van der Waals surface area contributed by atoms with Crippen molar-refractivity contribution >= 4 is 23.0 Å². The molecule has 4 aromatic rings. The minimum atomic E-state index is -0.103. The third kappa shape index (κ3) is 6.10. The van der Waals surface area contributed by atoms with E-state index in [9.17, 15) is 14.4 Å². The van der Waals surface area contributed by atoms with Gasteiger partial charge in [0.25, 0.3) is 0 Å². The molecule has 0 atom stereocenters. The minimum Gasteiger partial charge on any atom is -0.378 e. The van der Waals surface area contributed by atoms with E-state index >= 15 is 0 Å². The maximum absolute atomic E-state index is 13.0. The molecule has 6 nitrogen and oxygen atoms in total. The number of anilines is 1. The number of carbonyl (C=O) groups excluding carboxylic acids is 3. The molecule has 190 valence electrons. The van der Waals surface area contributed by atoms with Crippen LogP contribution in [0.15, 0.2) is 97.3 Å². The summed E-state index contributed by atoms with van der Waals surface area (Å²) in [4.78, 5) is 44.4. The van der Waals surface area contributed by atoms with Crippen molar-refractivity contribution in [1.29, 1.82) is 0 Å². The molecule has 1 saturated heterocycles. The first-order chi connectivity index (χ1) is 18.6. The number of nitrogens with zero attached hydrogens (tertiary/aromatic N) is 2. The highest BCUT2D eigenvalue weighted by Gasteiger charge is 2.14. The molecule has 5 rings (SSSR count). The normalized spacial score (nSPS) is 13.2. The maximum Gasteiger partial charge on any atom is 0.193 e. The van der Waals surface area contributed by atoms with Crippen LogP contribution in [0.3, 0.4) is 0 Å². The fourth-order valence-electron chi connectivity index (χ4n) is 4.51. The van der Waals surface area contributed by atoms with Crippen molar-refractivity contribution in [3.05, 3.63) is 131 Å². The second-order valence-electron chi connectivity index (χ2n) is 9.31. The standard InChI is InChI=1S/C32H28N2O4/c35-30(25-9-11-29(12-10-25)34-17-19-38-20-18-34)21-23-1-5-27(6-2-23)32(37)28-7-3-24(4-8-28)22-31(36)26-13-15-33-16-14-26/h1-16H,17-22H2. The molecule has 0 aliphatic carbocycles. The number of hydrogen-bond acceptors (Lipinski definition) is 6. The quantitative estimate of drug-likeness (QED) is 0.299. The second-order valence-corrected chi connectivity index (χ2v) is 9.31. The van der Waals surface area contributed by atoms with E-state index in [4.69, 9.17) is 4.74 Å². The van der Waals surface area contributed by atoms with E-state index in [1.165, 1.54) is 0 Å². The summed E-state index contributed by atoms with van der Waals surface area (Å²) in [5, 5.41) is 0. The first kappa shape index (κ1) is 25.2. The monoisotopic (exact) mass is 504 g/mol. The molecule has 38 heavy (non-hydrogen) atoms. The Morgan fingerprint density at radius 3 is 1.55 bits per heavy atom. The topological polar surface area (TPSA) is 76.6 Å². The van der Waals surface area contributed by atoms with Crippen LogP contribution in [-0.4, -0.2) is 48.6 Å². The number of aromatic nitrogens is 1. The third-order valence-corrected chi connectivity index (χ3v) is 6.73. The highest BCUT2D eigenvalue weighted by molar-refractivity contribution is 6.09. The molecule has 1 aliphatic rings. The second kappa shape index (κ2) is 11.8. The molecule has 0 saturated carbocycles. The molecule has 2 heterocycles. The predicted octanol–water partition coefficient (Wildman–Crippen LogP) is 5.00. The number of ether oxygens (including phenoxy) is 1. The van der Waals surface area contributed by atoms with Gasteiger partial charge < -0.3 is 9.64 Å². The summed E-state index contributed by atoms with van der Waals surface area (Å²) in [5.74, 6) is -0.0623. The van der Waals surface area contributed by atoms with Crippen LogP contribution in [0.2, 0.25) is 0 Å². The van der Waals surface area contributed by atoms with Gasteiger partial charge in [0.15, 0.2) is 17.3 Å². The molecular formula is C32H28N2O4. The number of carbonyl (C=O) groups is 3. The van der Waals surface area contributed by atoms with Gasteiger partial charge in [0.1, 0.15) is 0 Å². The number of benzene rings is 3. The van der Waals surface area contributed by atoms with Crippen LogP contribution in [0.1, 0.15) is 47.8 Å². The van der Waals surface area contributed by atoms with Crippen molar-refractivity contribution < 1.29 is 19.1 Å². The summed E-state index contributed by atoms with van der Waals surface area (Å²) in [7, 11) is 0. The number of pyridine rings is 1. The Balaban J connectivity index is 1.17. The van der Waals surface area contributed by atoms with Gasteiger partial charge in [-0.25, -0.2) is 0 Å². The molecule has 0 spiro atoms. The van der Waals surface area contributed by atoms with Crippen molar-refractivity contribution in [2.45, 2.75) is 12.8 Å². The van der Waals surface area contributed by atoms with Gasteiger partial charge in [0.05, 0.1) is 13.2 Å². The Bertz CT molecular complexity index is 1410. The molecular weight excluding hydrogens is 476 g/mol. The first-order valence-corrected chi connectivity index (χ1v) is 12.7. The Morgan fingerprint density at radius 1 is 0.605 bits per heavy atom. The van der Waals surface area contributed by atoms with Gasteiger partial charge in [-0.2, -0.15) is 0 Å². The minimum absolute atomic E-state index is 0.00431. The SMILES string of the molecule is O=C(Cc1ccc(C(=O)c2ccc(CC(=O)c3ccc(N4CCOCC4)cc3)cc2)cc1)c1ccncc1. The Kier molecular flexibility index (Phi) is 7.81. The van der Waals surface area contributed by atoms with E-state index in [2.05, 4.69) is 9.88 Å². The smallest absolute Gasteiger partial charge is 0.193 e. The predicted molar refractivity (Wildman–Crippen MR) is 146 cm³/mol. The van der Waals surface area contributed by atoms with Crippen LogP contribution in [0.25, 0.3) is 0 Å². The summed E-state index contributed by atoms with van der Waals surface area (Å²) >= 11 is 0. The molecule has 0 N–H and O–H groups in total. The summed E-state index contributed by atoms with van der Waals surface area (Å²) in [5.41, 5.74) is 5.18. The summed E-state index contributed by atoms with van der Waals surface area (Å²) in [6, 6.07) is 25.4. The van der Waals surface area contributed by atoms with Crippen LogP contribution >= 0.6 is 0 Å². The number of hydrogen-bond donors (Lipinski definition) is 0. The number of rotatable bonds is 9. The van der Waals surface area contributed by atoms with Crippen molar-refractivity contribution in [1.82, 2.24) is 4.98 Å². The highest BCUT2D eigenvalue weighted by Crippen LogP contribution is 2.19. The van der Waals surface area contributed by atoms with Gasteiger partial charge in [-0.15, -0.1) is 0 Å². The van der Waals surface area contributed by atoms with Gasteiger partial charge in [0, 0.05) is 66.3 Å². The molecule has 1 aromatic heterocycles. The van der Waals surface area contributed by atoms with E-state index < -0.39 is 0 Å². The van der Waals surface area contributed by atoms with Gasteiger partial charge >= 0.3 is 0 Å². The Morgan fingerprint density at radius 2 is 1.05 bits per heavy atom. The van der Waals surface area contributed by atoms with E-state index in [1.54, 1.807) is 48.8 Å². The van der Waals surface area contributed by atoms with Crippen LogP contribution in [0, 0.1) is 0 Å². The van der Waals surface area contributed by atoms with Crippen LogP contribution < -0.4 is 4.90 Å². The van der Waals surface area contributed by atoms with E-state index in [0.717, 1.165) is 43.1 Å². The largest absolute Gasteiger partial charge is 0.378 e. The van der Waals surface area contributed by atoms with E-state index in [0.29, 0.717) is 22.3 Å². The lowest BCUT2D eigenvalue weighted by Gasteiger charge is -2.28. The van der Waals surface area contributed by atoms with Crippen molar-refractivity contribution in [3.8, 4) is 0 Å². The molecule has 0 radical (unpaired) electrons. The van der Waals surface area contributed by atoms with Crippen LogP contribution in [0.4, 0.5) is 5.69 Å². The summed E-state index contributed by atoms with van der Waals surface area (Å²) in [6.45, 7) is 3.15. The Hall–Kier alpha value is -4.42. The lowest BCUT2D eigenvalue weighted by Crippen LogP contribution is -2.36. The summed E-state index contributed by atoms with van der Waals surface area (Å²) in [6.07, 6.45) is 3.73. The third-order valence-electron chi connectivity index (χ3n) is 6.73. The van der Waals surface area contributed by atoms with Gasteiger partial charge in [-0.1, -0.05) is 48.5 Å². The van der Waals surface area contributed by atoms with Crippen molar-refractivity contribution in [3.63, 3.8) is 0 Å². The van der Waals surface area contributed by atoms with E-state index in [1.807, 2.05) is 48.5 Å². The van der Waals surface area contributed by atoms with Crippen LogP contribution in [0.5, 0.6) is 0 Å². The number of Topliss-reactive ketones (excluding diaryl/α,β-unsaturated/α-hetero) is 2. The molecule has 1 fully saturated rings. The molecule has 1 aliphatic heterocycles. The lowest BCUT2D eigenvalue weighted by atomic mass is 9.97. The maximum atomic E-state index is 13.0. The van der Waals surface area contributed by atoms with E-state index in [-0.39, 0.29) is 30.2 Å². The Labute approximate surface area is 221 Å². The molecule has 3 aromatic carbocycles. The first-order valence-electron chi connectivity index (χ1n) is 12.7. The molecule has 6 heteroatoms. The number of ketones is 3.